The molecule has 11 heteroatoms. The summed E-state index contributed by atoms with van der Waals surface area (Å²) in [5.74, 6) is -2.16. The highest BCUT2D eigenvalue weighted by Crippen LogP contribution is 2.35. The number of carboxylic acids is 1. The molecule has 1 aliphatic carbocycles. The molecule has 0 spiro atoms. The van der Waals surface area contributed by atoms with E-state index in [0.29, 0.717) is 56.6 Å². The standard InChI is InChI=1S/C27H29N5O6/c1-3-38-27(37)16-9-12-31(13-10-16)25(34)21-14-22(32-23(29-21)8-11-28-32)24(33)30-20-7-6-17-15(2)18(26(35)36)4-5-19(17)20/h4-5,8,11,14,16,20H,3,6-7,9-10,12-13H2,1-2H3,(H,30,33)(H,35,36)/t20-/m0/s1. The maximum atomic E-state index is 13.4. The van der Waals surface area contributed by atoms with E-state index in [1.165, 1.54) is 16.8 Å². The molecule has 0 radical (unpaired) electrons. The molecule has 11 nitrogen and oxygen atoms in total. The minimum absolute atomic E-state index is 0.131. The monoisotopic (exact) mass is 519 g/mol. The summed E-state index contributed by atoms with van der Waals surface area (Å²) in [6, 6.07) is 6.11. The number of benzene rings is 1. The molecular formula is C27H29N5O6. The van der Waals surface area contributed by atoms with E-state index in [4.69, 9.17) is 4.74 Å². The van der Waals surface area contributed by atoms with Gasteiger partial charge in [0.15, 0.2) is 5.65 Å². The summed E-state index contributed by atoms with van der Waals surface area (Å²) in [5.41, 5.74) is 3.49. The van der Waals surface area contributed by atoms with Crippen LogP contribution in [0.15, 0.2) is 30.5 Å². The Morgan fingerprint density at radius 3 is 2.61 bits per heavy atom. The Hall–Kier alpha value is -4.28. The lowest BCUT2D eigenvalue weighted by Gasteiger charge is -2.30. The van der Waals surface area contributed by atoms with E-state index in [-0.39, 0.29) is 40.8 Å². The summed E-state index contributed by atoms with van der Waals surface area (Å²) in [4.78, 5) is 56.4. The molecule has 1 saturated heterocycles. The zero-order valence-corrected chi connectivity index (χ0v) is 21.3. The van der Waals surface area contributed by atoms with Gasteiger partial charge in [-0.3, -0.25) is 14.4 Å². The Morgan fingerprint density at radius 2 is 1.89 bits per heavy atom. The van der Waals surface area contributed by atoms with E-state index in [1.807, 2.05) is 0 Å². The topological polar surface area (TPSA) is 143 Å². The molecule has 198 valence electrons. The smallest absolute Gasteiger partial charge is 0.335 e. The van der Waals surface area contributed by atoms with Crippen molar-refractivity contribution in [1.82, 2.24) is 24.8 Å². The van der Waals surface area contributed by atoms with E-state index < -0.39 is 11.9 Å². The van der Waals surface area contributed by atoms with Crippen LogP contribution in [-0.2, 0) is 16.0 Å². The van der Waals surface area contributed by atoms with Crippen molar-refractivity contribution in [2.24, 2.45) is 5.92 Å². The van der Waals surface area contributed by atoms with Gasteiger partial charge < -0.3 is 20.1 Å². The molecule has 3 heterocycles. The molecule has 1 atom stereocenters. The fourth-order valence-corrected chi connectivity index (χ4v) is 5.42. The second-order valence-electron chi connectivity index (χ2n) is 9.62. The van der Waals surface area contributed by atoms with Crippen LogP contribution in [0.4, 0.5) is 0 Å². The number of nitrogens with zero attached hydrogens (tertiary/aromatic N) is 4. The van der Waals surface area contributed by atoms with Crippen LogP contribution < -0.4 is 5.32 Å². The first-order valence-electron chi connectivity index (χ1n) is 12.8. The number of fused-ring (bicyclic) bond motifs is 2. The predicted octanol–water partition coefficient (Wildman–Crippen LogP) is 2.57. The second kappa shape index (κ2) is 10.2. The van der Waals surface area contributed by atoms with Crippen LogP contribution in [-0.4, -0.2) is 68.1 Å². The highest BCUT2D eigenvalue weighted by molar-refractivity contribution is 5.98. The van der Waals surface area contributed by atoms with Crippen LogP contribution >= 0.6 is 0 Å². The molecule has 1 aromatic carbocycles. The summed E-state index contributed by atoms with van der Waals surface area (Å²) < 4.78 is 6.50. The summed E-state index contributed by atoms with van der Waals surface area (Å²) >= 11 is 0. The number of aromatic carboxylic acids is 1. The SMILES string of the molecule is CCOC(=O)C1CCN(C(=O)c2cc(C(=O)N[C@H]3CCc4c3ccc(C(=O)O)c4C)n3nccc3n2)CC1. The quantitative estimate of drug-likeness (QED) is 0.473. The molecule has 0 bridgehead atoms. The molecule has 38 heavy (non-hydrogen) atoms. The highest BCUT2D eigenvalue weighted by atomic mass is 16.5. The van der Waals surface area contributed by atoms with Crippen LogP contribution in [0.25, 0.3) is 5.65 Å². The summed E-state index contributed by atoms with van der Waals surface area (Å²) in [7, 11) is 0. The fraction of sp³-hybridized carbons (Fsp3) is 0.407. The van der Waals surface area contributed by atoms with Crippen LogP contribution in [0.3, 0.4) is 0 Å². The molecule has 2 aromatic heterocycles. The van der Waals surface area contributed by atoms with Crippen LogP contribution in [0.1, 0.15) is 80.3 Å². The number of carboxylic acid groups (broad SMARTS) is 1. The molecule has 2 aliphatic rings. The van der Waals surface area contributed by atoms with Gasteiger partial charge >= 0.3 is 11.9 Å². The van der Waals surface area contributed by atoms with Gasteiger partial charge in [-0.1, -0.05) is 6.07 Å². The third-order valence-electron chi connectivity index (χ3n) is 7.44. The first-order valence-corrected chi connectivity index (χ1v) is 12.8. The minimum Gasteiger partial charge on any atom is -0.478 e. The lowest BCUT2D eigenvalue weighted by atomic mass is 9.97. The van der Waals surface area contributed by atoms with Gasteiger partial charge in [-0.25, -0.2) is 14.3 Å². The molecule has 2 N–H and O–H groups in total. The number of hydrogen-bond acceptors (Lipinski definition) is 7. The van der Waals surface area contributed by atoms with E-state index >= 15 is 0 Å². The maximum Gasteiger partial charge on any atom is 0.335 e. The maximum absolute atomic E-state index is 13.4. The minimum atomic E-state index is -0.974. The number of aromatic nitrogens is 3. The van der Waals surface area contributed by atoms with E-state index in [1.54, 1.807) is 36.9 Å². The van der Waals surface area contributed by atoms with Gasteiger partial charge in [0.05, 0.1) is 30.3 Å². The summed E-state index contributed by atoms with van der Waals surface area (Å²) in [6.45, 7) is 4.67. The van der Waals surface area contributed by atoms with Gasteiger partial charge in [0.2, 0.25) is 0 Å². The largest absolute Gasteiger partial charge is 0.478 e. The highest BCUT2D eigenvalue weighted by Gasteiger charge is 2.31. The molecule has 0 unspecified atom stereocenters. The number of amides is 2. The van der Waals surface area contributed by atoms with Crippen LogP contribution in [0, 0.1) is 12.8 Å². The molecule has 2 amide bonds. The number of carbonyl (C=O) groups excluding carboxylic acids is 3. The van der Waals surface area contributed by atoms with Crippen LogP contribution in [0.2, 0.25) is 0 Å². The van der Waals surface area contributed by atoms with E-state index in [9.17, 15) is 24.3 Å². The summed E-state index contributed by atoms with van der Waals surface area (Å²) in [5, 5.41) is 16.7. The lowest BCUT2D eigenvalue weighted by molar-refractivity contribution is -0.149. The molecule has 1 aliphatic heterocycles. The summed E-state index contributed by atoms with van der Waals surface area (Å²) in [6.07, 6.45) is 3.83. The Kier molecular flexibility index (Phi) is 6.83. The molecule has 3 aromatic rings. The van der Waals surface area contributed by atoms with Gasteiger partial charge in [0, 0.05) is 25.2 Å². The molecule has 1 fully saturated rings. The van der Waals surface area contributed by atoms with Crippen molar-refractivity contribution in [2.75, 3.05) is 19.7 Å². The third-order valence-corrected chi connectivity index (χ3v) is 7.44. The third kappa shape index (κ3) is 4.59. The Bertz CT molecular complexity index is 1440. The lowest BCUT2D eigenvalue weighted by Crippen LogP contribution is -2.41. The number of carbonyl (C=O) groups is 4. The molecular weight excluding hydrogens is 490 g/mol. The number of hydrogen-bond donors (Lipinski definition) is 2. The number of rotatable bonds is 6. The Balaban J connectivity index is 1.36. The van der Waals surface area contributed by atoms with E-state index in [2.05, 4.69) is 15.4 Å². The first kappa shape index (κ1) is 25.4. The second-order valence-corrected chi connectivity index (χ2v) is 9.62. The van der Waals surface area contributed by atoms with Crippen molar-refractivity contribution < 1.29 is 29.0 Å². The first-order chi connectivity index (χ1) is 18.3. The van der Waals surface area contributed by atoms with Gasteiger partial charge in [0.1, 0.15) is 11.4 Å². The Labute approximate surface area is 218 Å². The van der Waals surface area contributed by atoms with Crippen molar-refractivity contribution in [3.8, 4) is 0 Å². The van der Waals surface area contributed by atoms with Gasteiger partial charge in [-0.15, -0.1) is 0 Å². The van der Waals surface area contributed by atoms with Gasteiger partial charge in [0.25, 0.3) is 11.8 Å². The van der Waals surface area contributed by atoms with Crippen LogP contribution in [0.5, 0.6) is 0 Å². The number of likely N-dealkylation sites (tertiary alicyclic amines) is 1. The number of ether oxygens (including phenoxy) is 1. The van der Waals surface area contributed by atoms with Crippen molar-refractivity contribution in [3.63, 3.8) is 0 Å². The van der Waals surface area contributed by atoms with Crippen molar-refractivity contribution >= 4 is 29.4 Å². The fourth-order valence-electron chi connectivity index (χ4n) is 5.42. The predicted molar refractivity (Wildman–Crippen MR) is 135 cm³/mol. The normalized spacial score (nSPS) is 17.3. The number of piperidine rings is 1. The van der Waals surface area contributed by atoms with Gasteiger partial charge in [-0.05, 0) is 62.3 Å². The average molecular weight is 520 g/mol. The zero-order valence-electron chi connectivity index (χ0n) is 21.3. The molecule has 5 rings (SSSR count). The van der Waals surface area contributed by atoms with Crippen molar-refractivity contribution in [3.05, 3.63) is 64.1 Å². The van der Waals surface area contributed by atoms with E-state index in [0.717, 1.165) is 11.1 Å². The number of esters is 1. The van der Waals surface area contributed by atoms with Gasteiger partial charge in [-0.2, -0.15) is 5.10 Å². The number of nitrogens with one attached hydrogen (secondary N) is 1. The molecule has 0 saturated carbocycles. The van der Waals surface area contributed by atoms with Crippen molar-refractivity contribution in [2.45, 2.75) is 45.6 Å². The average Bonchev–Trinajstić information content (AvgIpc) is 3.55. The van der Waals surface area contributed by atoms with Crippen molar-refractivity contribution in [1.29, 1.82) is 0 Å². The Morgan fingerprint density at radius 1 is 1.13 bits per heavy atom. The zero-order chi connectivity index (χ0) is 27.0.